The second-order valence-electron chi connectivity index (χ2n) is 5.23. The maximum atomic E-state index is 4.29. The Bertz CT molecular complexity index is 622. The molecular weight excluding hydrogens is 260 g/mol. The number of hydrogen-bond donors (Lipinski definition) is 2. The molecule has 1 aromatic heterocycles. The van der Waals surface area contributed by atoms with Crippen molar-refractivity contribution >= 4 is 5.96 Å². The number of rotatable bonds is 4. The Morgan fingerprint density at radius 3 is 2.81 bits per heavy atom. The fourth-order valence-electron chi connectivity index (χ4n) is 2.66. The lowest BCUT2D eigenvalue weighted by Crippen LogP contribution is -2.40. The fourth-order valence-corrected chi connectivity index (χ4v) is 2.66. The quantitative estimate of drug-likeness (QED) is 0.666. The summed E-state index contributed by atoms with van der Waals surface area (Å²) in [6.07, 6.45) is 2.96. The summed E-state index contributed by atoms with van der Waals surface area (Å²) in [4.78, 5) is 8.55. The van der Waals surface area contributed by atoms with Crippen molar-refractivity contribution in [3.05, 3.63) is 65.5 Å². The number of hydrogen-bond acceptors (Lipinski definition) is 2. The van der Waals surface area contributed by atoms with Crippen molar-refractivity contribution in [2.24, 2.45) is 4.99 Å². The molecule has 0 bridgehead atoms. The summed E-state index contributed by atoms with van der Waals surface area (Å²) in [6, 6.07) is 14.6. The van der Waals surface area contributed by atoms with Crippen LogP contribution in [0.2, 0.25) is 0 Å². The van der Waals surface area contributed by atoms with Gasteiger partial charge in [0.15, 0.2) is 5.96 Å². The number of pyridine rings is 1. The molecular formula is C17H20N4. The molecule has 21 heavy (non-hydrogen) atoms. The number of benzene rings is 1. The van der Waals surface area contributed by atoms with Crippen molar-refractivity contribution < 1.29 is 0 Å². The molecule has 4 heteroatoms. The van der Waals surface area contributed by atoms with E-state index < -0.39 is 0 Å². The van der Waals surface area contributed by atoms with Gasteiger partial charge in [0.2, 0.25) is 0 Å². The van der Waals surface area contributed by atoms with Crippen molar-refractivity contribution in [1.29, 1.82) is 0 Å². The highest BCUT2D eigenvalue weighted by Gasteiger charge is 2.25. The maximum Gasteiger partial charge on any atom is 0.191 e. The first-order valence-electron chi connectivity index (χ1n) is 7.29. The maximum absolute atomic E-state index is 4.29. The topological polar surface area (TPSA) is 49.3 Å². The van der Waals surface area contributed by atoms with Crippen molar-refractivity contribution in [1.82, 2.24) is 15.6 Å². The van der Waals surface area contributed by atoms with Crippen LogP contribution in [0, 0.1) is 0 Å². The van der Waals surface area contributed by atoms with Crippen LogP contribution in [0.3, 0.4) is 0 Å². The van der Waals surface area contributed by atoms with Crippen LogP contribution in [-0.2, 0) is 13.0 Å². The smallest absolute Gasteiger partial charge is 0.191 e. The van der Waals surface area contributed by atoms with Crippen LogP contribution in [0.15, 0.2) is 53.7 Å². The number of fused-ring (bicyclic) bond motifs is 1. The van der Waals surface area contributed by atoms with Crippen molar-refractivity contribution in [2.75, 3.05) is 13.6 Å². The summed E-state index contributed by atoms with van der Waals surface area (Å²) in [6.45, 7) is 1.60. The minimum atomic E-state index is 0.592. The van der Waals surface area contributed by atoms with Gasteiger partial charge in [-0.3, -0.25) is 9.98 Å². The summed E-state index contributed by atoms with van der Waals surface area (Å²) in [7, 11) is 1.79. The lowest BCUT2D eigenvalue weighted by Gasteiger charge is -2.30. The van der Waals surface area contributed by atoms with E-state index in [9.17, 15) is 0 Å². The standard InChI is InChI=1S/C17H20N4/c1-18-17(21-12-15-7-4-5-9-19-15)20-11-14-10-13-6-2-3-8-16(13)14/h2-9,14H,10-12H2,1H3,(H2,18,20,21). The third-order valence-corrected chi connectivity index (χ3v) is 3.86. The van der Waals surface area contributed by atoms with Gasteiger partial charge in [0, 0.05) is 25.7 Å². The van der Waals surface area contributed by atoms with Crippen LogP contribution in [0.1, 0.15) is 22.7 Å². The molecule has 1 heterocycles. The Labute approximate surface area is 125 Å². The second-order valence-corrected chi connectivity index (χ2v) is 5.23. The molecule has 0 radical (unpaired) electrons. The van der Waals surface area contributed by atoms with Crippen LogP contribution in [0.5, 0.6) is 0 Å². The molecule has 0 aliphatic heterocycles. The molecule has 0 amide bonds. The van der Waals surface area contributed by atoms with Crippen molar-refractivity contribution in [3.8, 4) is 0 Å². The zero-order valence-electron chi connectivity index (χ0n) is 12.2. The zero-order valence-corrected chi connectivity index (χ0v) is 12.2. The molecule has 1 aliphatic carbocycles. The van der Waals surface area contributed by atoms with Gasteiger partial charge in [0.1, 0.15) is 0 Å². The number of aliphatic imine (C=N–C) groups is 1. The van der Waals surface area contributed by atoms with E-state index >= 15 is 0 Å². The fraction of sp³-hybridized carbons (Fsp3) is 0.294. The Hall–Kier alpha value is -2.36. The summed E-state index contributed by atoms with van der Waals surface area (Å²) in [5.41, 5.74) is 3.94. The first-order chi connectivity index (χ1) is 10.4. The number of nitrogens with one attached hydrogen (secondary N) is 2. The van der Waals surface area contributed by atoms with Gasteiger partial charge < -0.3 is 10.6 Å². The first kappa shape index (κ1) is 13.6. The van der Waals surface area contributed by atoms with Gasteiger partial charge in [-0.2, -0.15) is 0 Å². The Morgan fingerprint density at radius 1 is 1.19 bits per heavy atom. The van der Waals surface area contributed by atoms with Gasteiger partial charge >= 0.3 is 0 Å². The van der Waals surface area contributed by atoms with Crippen LogP contribution >= 0.6 is 0 Å². The predicted molar refractivity (Wildman–Crippen MR) is 85.3 cm³/mol. The Balaban J connectivity index is 1.48. The molecule has 1 atom stereocenters. The van der Waals surface area contributed by atoms with E-state index in [1.165, 1.54) is 11.1 Å². The lowest BCUT2D eigenvalue weighted by atomic mass is 9.78. The largest absolute Gasteiger partial charge is 0.356 e. The third kappa shape index (κ3) is 3.21. The first-order valence-corrected chi connectivity index (χ1v) is 7.29. The summed E-state index contributed by atoms with van der Waals surface area (Å²) in [5.74, 6) is 1.42. The second kappa shape index (κ2) is 6.39. The molecule has 0 saturated heterocycles. The van der Waals surface area contributed by atoms with E-state index in [4.69, 9.17) is 0 Å². The van der Waals surface area contributed by atoms with Gasteiger partial charge in [0.25, 0.3) is 0 Å². The normalized spacial score (nSPS) is 16.8. The average molecular weight is 280 g/mol. The highest BCUT2D eigenvalue weighted by atomic mass is 15.2. The van der Waals surface area contributed by atoms with Crippen LogP contribution < -0.4 is 10.6 Å². The molecule has 1 aromatic carbocycles. The van der Waals surface area contributed by atoms with E-state index in [-0.39, 0.29) is 0 Å². The predicted octanol–water partition coefficient (Wildman–Crippen LogP) is 2.09. The van der Waals surface area contributed by atoms with Gasteiger partial charge in [-0.15, -0.1) is 0 Å². The Kier molecular flexibility index (Phi) is 4.15. The molecule has 2 aromatic rings. The molecule has 0 fully saturated rings. The van der Waals surface area contributed by atoms with Crippen molar-refractivity contribution in [2.45, 2.75) is 18.9 Å². The van der Waals surface area contributed by atoms with Crippen LogP contribution in [-0.4, -0.2) is 24.5 Å². The van der Waals surface area contributed by atoms with E-state index in [2.05, 4.69) is 44.9 Å². The molecule has 1 aliphatic rings. The summed E-state index contributed by atoms with van der Waals surface area (Å²) >= 11 is 0. The zero-order chi connectivity index (χ0) is 14.5. The van der Waals surface area contributed by atoms with Gasteiger partial charge in [0.05, 0.1) is 12.2 Å². The van der Waals surface area contributed by atoms with E-state index in [0.717, 1.165) is 24.6 Å². The molecule has 2 N–H and O–H groups in total. The SMILES string of the molecule is CN=C(NCc1ccccn1)NCC1Cc2ccccc21. The molecule has 0 spiro atoms. The molecule has 4 nitrogen and oxygen atoms in total. The van der Waals surface area contributed by atoms with Crippen LogP contribution in [0.25, 0.3) is 0 Å². The van der Waals surface area contributed by atoms with Gasteiger partial charge in [-0.1, -0.05) is 30.3 Å². The van der Waals surface area contributed by atoms with E-state index in [1.807, 2.05) is 18.2 Å². The number of nitrogens with zero attached hydrogens (tertiary/aromatic N) is 2. The lowest BCUT2D eigenvalue weighted by molar-refractivity contribution is 0.583. The number of guanidine groups is 1. The van der Waals surface area contributed by atoms with Crippen LogP contribution in [0.4, 0.5) is 0 Å². The highest BCUT2D eigenvalue weighted by molar-refractivity contribution is 5.79. The van der Waals surface area contributed by atoms with E-state index in [1.54, 1.807) is 13.2 Å². The van der Waals surface area contributed by atoms with Gasteiger partial charge in [-0.25, -0.2) is 0 Å². The highest BCUT2D eigenvalue weighted by Crippen LogP contribution is 2.33. The minimum absolute atomic E-state index is 0.592. The van der Waals surface area contributed by atoms with Crippen molar-refractivity contribution in [3.63, 3.8) is 0 Å². The summed E-state index contributed by atoms with van der Waals surface area (Å²) < 4.78 is 0. The average Bonchev–Trinajstić information content (AvgIpc) is 2.52. The monoisotopic (exact) mass is 280 g/mol. The molecule has 1 unspecified atom stereocenters. The minimum Gasteiger partial charge on any atom is -0.356 e. The molecule has 0 saturated carbocycles. The Morgan fingerprint density at radius 2 is 2.05 bits per heavy atom. The third-order valence-electron chi connectivity index (χ3n) is 3.86. The molecule has 108 valence electrons. The van der Waals surface area contributed by atoms with E-state index in [0.29, 0.717) is 12.5 Å². The summed E-state index contributed by atoms with van der Waals surface area (Å²) in [5, 5.41) is 6.68. The van der Waals surface area contributed by atoms with Gasteiger partial charge in [-0.05, 0) is 29.7 Å². The molecule has 3 rings (SSSR count). The number of aromatic nitrogens is 1.